The first kappa shape index (κ1) is 14.9. The van der Waals surface area contributed by atoms with Crippen LogP contribution in [-0.4, -0.2) is 28.6 Å². The van der Waals surface area contributed by atoms with Crippen molar-refractivity contribution in [3.05, 3.63) is 0 Å². The molecule has 0 saturated heterocycles. The van der Waals surface area contributed by atoms with Crippen molar-refractivity contribution in [2.45, 2.75) is 13.8 Å². The Hall–Kier alpha value is 0.910. The summed E-state index contributed by atoms with van der Waals surface area (Å²) < 4.78 is 5.21. The lowest BCUT2D eigenvalue weighted by Gasteiger charge is -2.27. The monoisotopic (exact) mass is 392 g/mol. The number of rotatable bonds is 6. The Morgan fingerprint density at radius 3 is 1.93 bits per heavy atom. The summed E-state index contributed by atoms with van der Waals surface area (Å²) in [5.74, 6) is -0.203. The molecule has 0 spiro atoms. The highest BCUT2D eigenvalue weighted by Crippen LogP contribution is 2.26. The third kappa shape index (κ3) is 4.62. The van der Waals surface area contributed by atoms with E-state index in [1.807, 2.05) is 13.8 Å². The van der Waals surface area contributed by atoms with Crippen LogP contribution >= 0.6 is 47.8 Å². The van der Waals surface area contributed by atoms with Crippen LogP contribution in [-0.2, 0) is 9.53 Å². The summed E-state index contributed by atoms with van der Waals surface area (Å²) in [6.07, 6.45) is 0. The van der Waals surface area contributed by atoms with Crippen LogP contribution in [0, 0.1) is 11.3 Å². The van der Waals surface area contributed by atoms with Crippen molar-refractivity contribution in [2.24, 2.45) is 11.3 Å². The second-order valence-electron chi connectivity index (χ2n) is 3.66. The van der Waals surface area contributed by atoms with Crippen LogP contribution in [0.1, 0.15) is 13.8 Å². The minimum absolute atomic E-state index is 0.0510. The molecule has 5 heteroatoms. The zero-order chi connectivity index (χ0) is 11.2. The van der Waals surface area contributed by atoms with Crippen molar-refractivity contribution >= 4 is 53.8 Å². The Morgan fingerprint density at radius 2 is 1.64 bits per heavy atom. The molecule has 0 unspecified atom stereocenters. The normalized spacial score (nSPS) is 11.9. The van der Waals surface area contributed by atoms with E-state index in [0.29, 0.717) is 6.61 Å². The Labute approximate surface area is 111 Å². The predicted molar refractivity (Wildman–Crippen MR) is 69.6 cm³/mol. The van der Waals surface area contributed by atoms with Gasteiger partial charge in [0, 0.05) is 21.4 Å². The van der Waals surface area contributed by atoms with Crippen molar-refractivity contribution in [1.29, 1.82) is 0 Å². The van der Waals surface area contributed by atoms with Crippen molar-refractivity contribution in [2.75, 3.05) is 22.6 Å². The van der Waals surface area contributed by atoms with Crippen LogP contribution in [0.15, 0.2) is 0 Å². The van der Waals surface area contributed by atoms with Gasteiger partial charge in [0.25, 0.3) is 0 Å². The standard InChI is InChI=1S/C9H15Br3O2/c1-7(2)8(13)14-6-9(3-10,4-11)5-12/h7H,3-6H2,1-2H3. The highest BCUT2D eigenvalue weighted by molar-refractivity contribution is 9.10. The van der Waals surface area contributed by atoms with Gasteiger partial charge in [0.05, 0.1) is 12.5 Å². The summed E-state index contributed by atoms with van der Waals surface area (Å²) in [4.78, 5) is 11.3. The van der Waals surface area contributed by atoms with E-state index in [2.05, 4.69) is 47.8 Å². The van der Waals surface area contributed by atoms with Crippen LogP contribution in [0.3, 0.4) is 0 Å². The van der Waals surface area contributed by atoms with Crippen molar-refractivity contribution in [1.82, 2.24) is 0 Å². The van der Waals surface area contributed by atoms with Gasteiger partial charge in [0.1, 0.15) is 0 Å². The Kier molecular flexibility index (Phi) is 7.70. The highest BCUT2D eigenvalue weighted by atomic mass is 79.9. The molecule has 84 valence electrons. The fourth-order valence-corrected chi connectivity index (χ4v) is 3.89. The molecular weight excluding hydrogens is 380 g/mol. The molecule has 0 aliphatic rings. The topological polar surface area (TPSA) is 26.3 Å². The van der Waals surface area contributed by atoms with E-state index in [-0.39, 0.29) is 17.3 Å². The number of carbonyl (C=O) groups is 1. The summed E-state index contributed by atoms with van der Waals surface area (Å²) in [6.45, 7) is 4.10. The second kappa shape index (κ2) is 7.23. The number of hydrogen-bond donors (Lipinski definition) is 0. The molecule has 0 aromatic carbocycles. The van der Waals surface area contributed by atoms with Gasteiger partial charge >= 0.3 is 5.97 Å². The summed E-state index contributed by atoms with van der Waals surface area (Å²) in [6, 6.07) is 0. The van der Waals surface area contributed by atoms with Gasteiger partial charge in [-0.15, -0.1) is 0 Å². The van der Waals surface area contributed by atoms with Crippen molar-refractivity contribution < 1.29 is 9.53 Å². The summed E-state index contributed by atoms with van der Waals surface area (Å²) in [5, 5.41) is 2.38. The third-order valence-corrected chi connectivity index (χ3v) is 5.41. The Balaban J connectivity index is 4.12. The molecule has 0 rings (SSSR count). The molecule has 0 aromatic heterocycles. The van der Waals surface area contributed by atoms with Gasteiger partial charge in [-0.3, -0.25) is 4.79 Å². The first-order valence-corrected chi connectivity index (χ1v) is 7.72. The Morgan fingerprint density at radius 1 is 1.21 bits per heavy atom. The van der Waals surface area contributed by atoms with Gasteiger partial charge < -0.3 is 4.74 Å². The lowest BCUT2D eigenvalue weighted by atomic mass is 9.98. The maximum absolute atomic E-state index is 11.3. The summed E-state index contributed by atoms with van der Waals surface area (Å²) >= 11 is 10.3. The van der Waals surface area contributed by atoms with E-state index >= 15 is 0 Å². The van der Waals surface area contributed by atoms with Crippen molar-refractivity contribution in [3.63, 3.8) is 0 Å². The zero-order valence-corrected chi connectivity index (χ0v) is 13.1. The third-order valence-electron chi connectivity index (χ3n) is 1.84. The number of carbonyl (C=O) groups excluding carboxylic acids is 1. The predicted octanol–water partition coefficient (Wildman–Crippen LogP) is 3.36. The summed E-state index contributed by atoms with van der Waals surface area (Å²) in [5.41, 5.74) is -0.0510. The van der Waals surface area contributed by atoms with Crippen LogP contribution in [0.25, 0.3) is 0 Å². The molecule has 0 saturated carbocycles. The minimum Gasteiger partial charge on any atom is -0.465 e. The molecular formula is C9H15Br3O2. The molecule has 2 nitrogen and oxygen atoms in total. The van der Waals surface area contributed by atoms with Gasteiger partial charge in [-0.1, -0.05) is 61.6 Å². The van der Waals surface area contributed by atoms with E-state index in [9.17, 15) is 4.79 Å². The lowest BCUT2D eigenvalue weighted by Crippen LogP contribution is -2.34. The smallest absolute Gasteiger partial charge is 0.308 e. The average Bonchev–Trinajstić information content (AvgIpc) is 2.20. The highest BCUT2D eigenvalue weighted by Gasteiger charge is 2.29. The van der Waals surface area contributed by atoms with Crippen LogP contribution in [0.5, 0.6) is 0 Å². The molecule has 14 heavy (non-hydrogen) atoms. The molecule has 0 atom stereocenters. The van der Waals surface area contributed by atoms with Gasteiger partial charge in [-0.25, -0.2) is 0 Å². The van der Waals surface area contributed by atoms with Gasteiger partial charge in [0.2, 0.25) is 0 Å². The summed E-state index contributed by atoms with van der Waals surface area (Å²) in [7, 11) is 0. The van der Waals surface area contributed by atoms with E-state index in [4.69, 9.17) is 4.74 Å². The molecule has 0 fully saturated rings. The number of ether oxygens (including phenoxy) is 1. The van der Waals surface area contributed by atoms with Gasteiger partial charge in [-0.2, -0.15) is 0 Å². The molecule has 0 aliphatic carbocycles. The van der Waals surface area contributed by atoms with Crippen molar-refractivity contribution in [3.8, 4) is 0 Å². The molecule has 0 heterocycles. The average molecular weight is 395 g/mol. The fraction of sp³-hybridized carbons (Fsp3) is 0.889. The van der Waals surface area contributed by atoms with E-state index in [0.717, 1.165) is 16.0 Å². The van der Waals surface area contributed by atoms with E-state index < -0.39 is 0 Å². The number of halogens is 3. The SMILES string of the molecule is CC(C)C(=O)OCC(CBr)(CBr)CBr. The van der Waals surface area contributed by atoms with Gasteiger partial charge in [0.15, 0.2) is 0 Å². The van der Waals surface area contributed by atoms with Gasteiger partial charge in [-0.05, 0) is 0 Å². The number of alkyl halides is 3. The zero-order valence-electron chi connectivity index (χ0n) is 8.36. The largest absolute Gasteiger partial charge is 0.465 e. The first-order valence-electron chi connectivity index (χ1n) is 4.36. The van der Waals surface area contributed by atoms with E-state index in [1.165, 1.54) is 0 Å². The van der Waals surface area contributed by atoms with E-state index in [1.54, 1.807) is 0 Å². The molecule has 0 radical (unpaired) electrons. The lowest BCUT2D eigenvalue weighted by molar-refractivity contribution is -0.149. The molecule has 0 bridgehead atoms. The first-order chi connectivity index (χ1) is 6.51. The quantitative estimate of drug-likeness (QED) is 0.510. The fourth-order valence-electron chi connectivity index (χ4n) is 0.614. The number of hydrogen-bond acceptors (Lipinski definition) is 2. The molecule has 0 aromatic rings. The maximum Gasteiger partial charge on any atom is 0.308 e. The number of esters is 1. The molecule has 0 amide bonds. The Bertz CT molecular complexity index is 171. The molecule has 0 aliphatic heterocycles. The maximum atomic E-state index is 11.3. The van der Waals surface area contributed by atoms with Crippen LogP contribution in [0.2, 0.25) is 0 Å². The minimum atomic E-state index is -0.141. The van der Waals surface area contributed by atoms with Crippen LogP contribution < -0.4 is 0 Å². The second-order valence-corrected chi connectivity index (χ2v) is 5.35. The van der Waals surface area contributed by atoms with Crippen LogP contribution in [0.4, 0.5) is 0 Å². The molecule has 0 N–H and O–H groups in total.